The average molecular weight is 685 g/mol. The van der Waals surface area contributed by atoms with E-state index >= 15 is 0 Å². The number of ether oxygens (including phenoxy) is 7. The van der Waals surface area contributed by atoms with Crippen molar-refractivity contribution in [2.45, 2.75) is 24.0 Å². The minimum absolute atomic E-state index is 0.0295. The average Bonchev–Trinajstić information content (AvgIpc) is 3.58. The van der Waals surface area contributed by atoms with Gasteiger partial charge >= 0.3 is 0 Å². The fourth-order valence-corrected chi connectivity index (χ4v) is 7.46. The summed E-state index contributed by atoms with van der Waals surface area (Å²) in [4.78, 5) is 13.8. The first-order valence-electron chi connectivity index (χ1n) is 16.8. The topological polar surface area (TPSA) is 131 Å². The van der Waals surface area contributed by atoms with Crippen LogP contribution in [0.5, 0.6) is 17.2 Å². The predicted molar refractivity (Wildman–Crippen MR) is 184 cm³/mol. The normalized spacial score (nSPS) is 20.9. The van der Waals surface area contributed by atoms with Crippen LogP contribution in [0.4, 0.5) is 11.4 Å². The van der Waals surface area contributed by atoms with Crippen molar-refractivity contribution in [3.8, 4) is 29.1 Å². The lowest BCUT2D eigenvalue weighted by Gasteiger charge is -2.47. The first-order chi connectivity index (χ1) is 24.5. The van der Waals surface area contributed by atoms with E-state index in [1.807, 2.05) is 25.3 Å². The first kappa shape index (κ1) is 33.8. The Bertz CT molecular complexity index is 1790. The molecule has 0 amide bonds. The molecule has 0 bridgehead atoms. The molecule has 0 fully saturated rings. The van der Waals surface area contributed by atoms with Gasteiger partial charge in [0, 0.05) is 24.4 Å². The van der Waals surface area contributed by atoms with E-state index in [2.05, 4.69) is 47.1 Å². The molecule has 1 aliphatic carbocycles. The molecule has 3 heterocycles. The van der Waals surface area contributed by atoms with Gasteiger partial charge in [-0.15, -0.1) is 0 Å². The highest BCUT2D eigenvalue weighted by Crippen LogP contribution is 2.60. The monoisotopic (exact) mass is 684 g/mol. The Morgan fingerprint density at radius 2 is 1.54 bits per heavy atom. The lowest BCUT2D eigenvalue weighted by atomic mass is 9.70. The Labute approximate surface area is 290 Å². The van der Waals surface area contributed by atoms with Crippen molar-refractivity contribution in [1.82, 2.24) is 0 Å². The molecule has 0 radical (unpaired) electrons. The van der Waals surface area contributed by atoms with Crippen LogP contribution in [0.2, 0.25) is 0 Å². The van der Waals surface area contributed by atoms with Crippen LogP contribution in [-0.2, 0) is 37.2 Å². The Balaban J connectivity index is 1.26. The SMILES string of the molecule is CN1c2ccccc2C2(Cc3cc4c(cc3C2)OCCOCCOCCOCCO4)[C@@]12C=Cc1c(ccc([N+](=O)[O-])c1C#CCOCCO)O2. The van der Waals surface area contributed by atoms with Crippen molar-refractivity contribution in [1.29, 1.82) is 0 Å². The van der Waals surface area contributed by atoms with Crippen LogP contribution in [0.3, 0.4) is 0 Å². The van der Waals surface area contributed by atoms with E-state index < -0.39 is 16.1 Å². The Morgan fingerprint density at radius 3 is 2.18 bits per heavy atom. The summed E-state index contributed by atoms with van der Waals surface area (Å²) in [5, 5.41) is 21.1. The number of likely N-dealkylation sites (N-methyl/N-ethyl adjacent to an activating group) is 1. The minimum Gasteiger partial charge on any atom is -0.487 e. The second kappa shape index (κ2) is 14.7. The molecule has 0 saturated heterocycles. The van der Waals surface area contributed by atoms with Gasteiger partial charge in [-0.2, -0.15) is 0 Å². The van der Waals surface area contributed by atoms with Crippen LogP contribution in [0.25, 0.3) is 6.08 Å². The minimum atomic E-state index is -0.965. The van der Waals surface area contributed by atoms with E-state index in [9.17, 15) is 10.1 Å². The summed E-state index contributed by atoms with van der Waals surface area (Å²) >= 11 is 0. The maximum absolute atomic E-state index is 12.1. The summed E-state index contributed by atoms with van der Waals surface area (Å²) in [5.41, 5.74) is 3.60. The molecule has 4 aliphatic rings. The molecule has 2 spiro atoms. The van der Waals surface area contributed by atoms with Crippen LogP contribution >= 0.6 is 0 Å². The number of benzene rings is 3. The number of rotatable bonds is 4. The largest absolute Gasteiger partial charge is 0.487 e. The van der Waals surface area contributed by atoms with Gasteiger partial charge in [-0.3, -0.25) is 10.1 Å². The number of aliphatic hydroxyl groups excluding tert-OH is 1. The number of nitro groups is 1. The van der Waals surface area contributed by atoms with Crippen molar-refractivity contribution >= 4 is 17.5 Å². The van der Waals surface area contributed by atoms with E-state index in [1.54, 1.807) is 6.07 Å². The van der Waals surface area contributed by atoms with Crippen molar-refractivity contribution in [2.75, 3.05) is 84.6 Å². The van der Waals surface area contributed by atoms with Gasteiger partial charge in [0.15, 0.2) is 11.5 Å². The third-order valence-electron chi connectivity index (χ3n) is 9.67. The highest BCUT2D eigenvalue weighted by Gasteiger charge is 2.64. The van der Waals surface area contributed by atoms with E-state index in [-0.39, 0.29) is 31.1 Å². The van der Waals surface area contributed by atoms with Crippen LogP contribution < -0.4 is 19.1 Å². The number of hydrogen-bond donors (Lipinski definition) is 1. The number of nitro benzene ring substituents is 1. The van der Waals surface area contributed by atoms with Crippen LogP contribution in [0, 0.1) is 22.0 Å². The number of aliphatic hydroxyl groups is 1. The van der Waals surface area contributed by atoms with Gasteiger partial charge in [0.05, 0.1) is 63.2 Å². The van der Waals surface area contributed by atoms with E-state index in [0.717, 1.165) is 22.4 Å². The number of anilines is 1. The van der Waals surface area contributed by atoms with Gasteiger partial charge in [0.1, 0.15) is 31.1 Å². The van der Waals surface area contributed by atoms with Gasteiger partial charge in [0.2, 0.25) is 5.72 Å². The summed E-state index contributed by atoms with van der Waals surface area (Å²) in [6.07, 6.45) is 5.23. The second-order valence-electron chi connectivity index (χ2n) is 12.5. The number of para-hydroxylation sites is 1. The number of nitrogens with zero attached hydrogens (tertiary/aromatic N) is 2. The van der Waals surface area contributed by atoms with Gasteiger partial charge in [-0.05, 0) is 65.9 Å². The molecule has 0 saturated carbocycles. The molecule has 12 nitrogen and oxygen atoms in total. The standard InChI is InChI=1S/C38H40N2O10/c1-39-33-7-3-2-6-31(33)37(38(39)11-10-30-29(5-4-13-44-14-12-41)32(40(42)43)8-9-34(30)50-38)25-27-23-35-36(24-28(27)26-37)49-22-20-47-18-16-45-15-17-46-19-21-48-35/h2-3,6-11,23-24,41H,12-22,25-26H2,1H3/t38-/m0/s1. The summed E-state index contributed by atoms with van der Waals surface area (Å²) in [7, 11) is 2.03. The highest BCUT2D eigenvalue weighted by atomic mass is 16.6. The third kappa shape index (κ3) is 6.16. The lowest BCUT2D eigenvalue weighted by Crippen LogP contribution is -2.61. The van der Waals surface area contributed by atoms with Crippen molar-refractivity contribution < 1.29 is 43.2 Å². The molecule has 1 atom stereocenters. The summed E-state index contributed by atoms with van der Waals surface area (Å²) < 4.78 is 41.8. The zero-order valence-corrected chi connectivity index (χ0v) is 28.0. The highest BCUT2D eigenvalue weighted by molar-refractivity contribution is 5.78. The van der Waals surface area contributed by atoms with Crippen LogP contribution in [-0.4, -0.2) is 95.5 Å². The van der Waals surface area contributed by atoms with E-state index in [1.165, 1.54) is 6.07 Å². The zero-order chi connectivity index (χ0) is 34.6. The molecular formula is C38H40N2O10. The molecule has 0 aromatic heterocycles. The van der Waals surface area contributed by atoms with Gasteiger partial charge in [-0.25, -0.2) is 0 Å². The molecule has 0 unspecified atom stereocenters. The van der Waals surface area contributed by atoms with Crippen LogP contribution in [0.15, 0.2) is 54.6 Å². The molecule has 3 aliphatic heterocycles. The first-order valence-corrected chi connectivity index (χ1v) is 16.8. The second-order valence-corrected chi connectivity index (χ2v) is 12.5. The predicted octanol–water partition coefficient (Wildman–Crippen LogP) is 4.06. The fraction of sp³-hybridized carbons (Fsp3) is 0.421. The number of fused-ring (bicyclic) bond motifs is 6. The zero-order valence-electron chi connectivity index (χ0n) is 28.0. The molecule has 262 valence electrons. The Kier molecular flexibility index (Phi) is 9.94. The molecular weight excluding hydrogens is 644 g/mol. The molecule has 3 aromatic carbocycles. The summed E-state index contributed by atoms with van der Waals surface area (Å²) in [6.45, 7) is 3.53. The Morgan fingerprint density at radius 1 is 0.900 bits per heavy atom. The molecule has 3 aromatic rings. The molecule has 1 N–H and O–H groups in total. The van der Waals surface area contributed by atoms with Gasteiger partial charge in [0.25, 0.3) is 5.69 Å². The molecule has 7 rings (SSSR count). The van der Waals surface area contributed by atoms with Crippen LogP contribution in [0.1, 0.15) is 27.8 Å². The maximum atomic E-state index is 12.1. The van der Waals surface area contributed by atoms with E-state index in [0.29, 0.717) is 88.5 Å². The number of hydrogen-bond acceptors (Lipinski definition) is 11. The summed E-state index contributed by atoms with van der Waals surface area (Å²) in [5.74, 6) is 7.58. The van der Waals surface area contributed by atoms with Crippen molar-refractivity contribution in [3.05, 3.63) is 92.5 Å². The third-order valence-corrected chi connectivity index (χ3v) is 9.67. The molecule has 12 heteroatoms. The molecule has 50 heavy (non-hydrogen) atoms. The van der Waals surface area contributed by atoms with Gasteiger partial charge in [-0.1, -0.05) is 30.0 Å². The van der Waals surface area contributed by atoms with Gasteiger partial charge < -0.3 is 43.2 Å². The quantitative estimate of drug-likeness (QED) is 0.185. The van der Waals surface area contributed by atoms with Crippen molar-refractivity contribution in [2.24, 2.45) is 0 Å². The van der Waals surface area contributed by atoms with Crippen molar-refractivity contribution in [3.63, 3.8) is 0 Å². The fourth-order valence-electron chi connectivity index (χ4n) is 7.46. The summed E-state index contributed by atoms with van der Waals surface area (Å²) in [6, 6.07) is 15.6. The Hall–Kier alpha value is -4.64. The maximum Gasteiger partial charge on any atom is 0.285 e. The van der Waals surface area contributed by atoms with E-state index in [4.69, 9.17) is 38.3 Å². The lowest BCUT2D eigenvalue weighted by molar-refractivity contribution is -0.385. The smallest absolute Gasteiger partial charge is 0.285 e.